The number of hydrogen-bond acceptors (Lipinski definition) is 0. The Bertz CT molecular complexity index is 14.5. The van der Waals surface area contributed by atoms with Crippen LogP contribution in [0.2, 0.25) is 0 Å². The van der Waals surface area contributed by atoms with Gasteiger partial charge in [-0.3, -0.25) is 0 Å². The van der Waals surface area contributed by atoms with Crippen molar-refractivity contribution < 1.29 is 222 Å². The summed E-state index contributed by atoms with van der Waals surface area (Å²) in [5.74, 6) is 0. The molecule has 0 nitrogen and oxygen atoms in total. The predicted octanol–water partition coefficient (Wildman–Crippen LogP) is -27.0. The summed E-state index contributed by atoms with van der Waals surface area (Å²) in [5, 5.41) is 0. The molecule has 0 bridgehead atoms. The maximum Gasteiger partial charge on any atom is 3.00 e. The summed E-state index contributed by atoms with van der Waals surface area (Å²) in [6.45, 7) is 0. The fourth-order valence-electron chi connectivity index (χ4n) is 0. The molecule has 12 heavy (non-hydrogen) atoms. The van der Waals surface area contributed by atoms with Gasteiger partial charge in [0.1, 0.15) is 0 Å². The fraction of sp³-hybridized carbons (Fsp3) is 0. The van der Waals surface area contributed by atoms with Crippen molar-refractivity contribution in [2.45, 2.75) is 0 Å². The molecule has 0 atom stereocenters. The minimum Gasteiger partial charge on any atom is -1.00 e. The van der Waals surface area contributed by atoms with E-state index < -0.39 is 0 Å². The summed E-state index contributed by atoms with van der Waals surface area (Å²) in [6.07, 6.45) is 0. The maximum absolute atomic E-state index is 0. The molecule has 0 aliphatic rings. The van der Waals surface area contributed by atoms with Gasteiger partial charge in [0.05, 0.1) is 0 Å². The van der Waals surface area contributed by atoms with Gasteiger partial charge in [0, 0.05) is 0 Å². The number of halogens is 9. The molecule has 0 aromatic rings. The second kappa shape index (κ2) is 116. The van der Waals surface area contributed by atoms with Gasteiger partial charge in [0.25, 0.3) is 0 Å². The Balaban J connectivity index is 0. The summed E-state index contributed by atoms with van der Waals surface area (Å²) in [6, 6.07) is 0. The zero-order valence-electron chi connectivity index (χ0n) is 5.06. The van der Waals surface area contributed by atoms with Crippen molar-refractivity contribution in [2.75, 3.05) is 0 Å². The van der Waals surface area contributed by atoms with Gasteiger partial charge in [0.15, 0.2) is 0 Å². The topological polar surface area (TPSA) is 0 Å². The summed E-state index contributed by atoms with van der Waals surface area (Å²) in [5.41, 5.74) is 0. The Morgan fingerprint density at radius 3 is 0.333 bits per heavy atom. The molecule has 0 rings (SSSR count). The molecular weight excluding hydrogens is 687 g/mol. The van der Waals surface area contributed by atoms with Gasteiger partial charge < -0.3 is 112 Å². The van der Waals surface area contributed by atoms with Crippen molar-refractivity contribution in [3.8, 4) is 0 Å². The van der Waals surface area contributed by atoms with E-state index in [1.165, 1.54) is 0 Å². The van der Waals surface area contributed by atoms with Crippen LogP contribution in [0.25, 0.3) is 0 Å². The van der Waals surface area contributed by atoms with Gasteiger partial charge in [-0.05, 0) is 0 Å². The van der Waals surface area contributed by atoms with E-state index in [1.54, 1.807) is 0 Å². The van der Waals surface area contributed by atoms with Crippen LogP contribution >= 0.6 is 0 Å². The Morgan fingerprint density at radius 2 is 0.333 bits per heavy atom. The van der Waals surface area contributed by atoms with Crippen LogP contribution in [0.3, 0.4) is 0 Å². The summed E-state index contributed by atoms with van der Waals surface area (Å²) < 4.78 is 0. The molecule has 0 heterocycles. The van der Waals surface area contributed by atoms with Crippen LogP contribution in [-0.2, 0) is 32.7 Å². The molecule has 0 aliphatic carbocycles. The standard InChI is InChI=1S/Ce.9ClH.La.Y/h;9*1H;;/q+3;;;;;;;;;;2*+3/p-9. The Morgan fingerprint density at radius 1 is 0.333 bits per heavy atom. The van der Waals surface area contributed by atoms with Gasteiger partial charge in [-0.2, -0.15) is 0 Å². The van der Waals surface area contributed by atoms with Gasteiger partial charge in [-0.1, -0.05) is 0 Å². The Labute approximate surface area is 216 Å². The third kappa shape index (κ3) is 96.3. The van der Waals surface area contributed by atoms with E-state index in [0.717, 1.165) is 0 Å². The zero-order valence-corrected chi connectivity index (χ0v) is 21.5. The second-order valence-electron chi connectivity index (χ2n) is 0. The molecule has 0 aromatic heterocycles. The first-order valence-corrected chi connectivity index (χ1v) is 0. The molecule has 1 radical (unpaired) electrons. The summed E-state index contributed by atoms with van der Waals surface area (Å²) in [7, 11) is 0. The van der Waals surface area contributed by atoms with Crippen molar-refractivity contribution >= 4 is 0 Å². The van der Waals surface area contributed by atoms with Crippen molar-refractivity contribution in [1.29, 1.82) is 0 Å². The Hall–Kier alpha value is 6.29. The largest absolute Gasteiger partial charge is 3.00 e. The molecule has 0 aliphatic heterocycles. The van der Waals surface area contributed by atoms with E-state index in [4.69, 9.17) is 0 Å². The molecular formula is CeCl9LaY. The number of hydrogen-bond donors (Lipinski definition) is 0. The zero-order chi connectivity index (χ0) is 0. The number of rotatable bonds is 0. The van der Waals surface area contributed by atoms with Gasteiger partial charge in [0.2, 0.25) is 0 Å². The molecule has 0 spiro atoms. The molecule has 0 fully saturated rings. The minimum atomic E-state index is 0. The van der Waals surface area contributed by atoms with Crippen LogP contribution in [0.5, 0.6) is 0 Å². The first-order chi connectivity index (χ1) is 0. The maximum atomic E-state index is 0. The van der Waals surface area contributed by atoms with Crippen LogP contribution in [0, 0.1) is 77.3 Å². The molecule has 0 saturated carbocycles. The van der Waals surface area contributed by atoms with Crippen LogP contribution in [0.4, 0.5) is 0 Å². The van der Waals surface area contributed by atoms with Crippen LogP contribution in [0.1, 0.15) is 0 Å². The average Bonchev–Trinajstić information content (AvgIpc) is 0. The third-order valence-corrected chi connectivity index (χ3v) is 0. The molecule has 0 unspecified atom stereocenters. The van der Waals surface area contributed by atoms with E-state index in [2.05, 4.69) is 0 Å². The van der Waals surface area contributed by atoms with E-state index >= 15 is 0 Å². The molecule has 0 amide bonds. The Kier molecular flexibility index (Phi) is 1340. The predicted molar refractivity (Wildman–Crippen MR) is 0 cm³/mol. The van der Waals surface area contributed by atoms with Crippen LogP contribution in [0.15, 0.2) is 0 Å². The quantitative estimate of drug-likeness (QED) is 0.238. The third-order valence-electron chi connectivity index (χ3n) is 0. The molecule has 12 heteroatoms. The van der Waals surface area contributed by atoms with Gasteiger partial charge >= 0.3 is 110 Å². The van der Waals surface area contributed by atoms with E-state index in [1.807, 2.05) is 0 Å². The van der Waals surface area contributed by atoms with E-state index in [9.17, 15) is 0 Å². The average molecular weight is 687 g/mol. The summed E-state index contributed by atoms with van der Waals surface area (Å²) >= 11 is 0. The molecule has 0 aromatic carbocycles. The van der Waals surface area contributed by atoms with Crippen molar-refractivity contribution in [1.82, 2.24) is 0 Å². The first kappa shape index (κ1) is 138. The van der Waals surface area contributed by atoms with Gasteiger partial charge in [-0.15, -0.1) is 0 Å². The second-order valence-corrected chi connectivity index (χ2v) is 0. The van der Waals surface area contributed by atoms with Crippen LogP contribution in [-0.4, -0.2) is 0 Å². The molecule has 0 N–H and O–H groups in total. The van der Waals surface area contributed by atoms with Crippen LogP contribution < -0.4 is 112 Å². The first-order valence-electron chi connectivity index (χ1n) is 0. The van der Waals surface area contributed by atoms with Gasteiger partial charge in [-0.25, -0.2) is 0 Å². The molecule has 0 saturated heterocycles. The van der Waals surface area contributed by atoms with Crippen molar-refractivity contribution in [3.63, 3.8) is 0 Å². The van der Waals surface area contributed by atoms with Crippen molar-refractivity contribution in [2.24, 2.45) is 0 Å². The monoisotopic (exact) mass is 682 g/mol. The summed E-state index contributed by atoms with van der Waals surface area (Å²) in [4.78, 5) is 0. The SMILES string of the molecule is [Ce+3].[Cl-].[Cl-].[Cl-].[Cl-].[Cl-].[Cl-].[Cl-].[Cl-].[Cl-].[La+3].[Y+3]. The van der Waals surface area contributed by atoms with Crippen molar-refractivity contribution in [3.05, 3.63) is 0 Å². The normalized spacial score (nSPS) is 0. The van der Waals surface area contributed by atoms with E-state index in [-0.39, 0.29) is 222 Å². The smallest absolute Gasteiger partial charge is 1.00 e. The minimum absolute atomic E-state index is 0. The molecule has 73 valence electrons. The van der Waals surface area contributed by atoms with E-state index in [0.29, 0.717) is 0 Å². The fourth-order valence-corrected chi connectivity index (χ4v) is 0.